The molecule has 0 aromatic rings. The van der Waals surface area contributed by atoms with Gasteiger partial charge in [0.2, 0.25) is 0 Å². The van der Waals surface area contributed by atoms with Crippen molar-refractivity contribution in [3.05, 3.63) is 0 Å². The van der Waals surface area contributed by atoms with E-state index in [0.29, 0.717) is 17.6 Å². The highest BCUT2D eigenvalue weighted by molar-refractivity contribution is 5.82. The van der Waals surface area contributed by atoms with Crippen LogP contribution in [0.25, 0.3) is 0 Å². The maximum atomic E-state index is 12.1. The van der Waals surface area contributed by atoms with Crippen LogP contribution in [0, 0.1) is 17.8 Å². The van der Waals surface area contributed by atoms with Gasteiger partial charge in [-0.2, -0.15) is 0 Å². The number of rotatable bonds is 6. The van der Waals surface area contributed by atoms with Gasteiger partial charge in [0, 0.05) is 18.4 Å². The second-order valence-electron chi connectivity index (χ2n) is 5.71. The first-order valence-corrected chi connectivity index (χ1v) is 7.02. The first kappa shape index (κ1) is 12.1. The van der Waals surface area contributed by atoms with Crippen LogP contribution in [0.2, 0.25) is 0 Å². The molecule has 4 atom stereocenters. The first-order valence-electron chi connectivity index (χ1n) is 7.02. The van der Waals surface area contributed by atoms with E-state index < -0.39 is 0 Å². The van der Waals surface area contributed by atoms with E-state index in [0.717, 1.165) is 12.8 Å². The second-order valence-corrected chi connectivity index (χ2v) is 5.71. The molecule has 2 bridgehead atoms. The molecule has 2 rings (SSSR count). The van der Waals surface area contributed by atoms with Crippen LogP contribution in [-0.2, 0) is 4.79 Å². The lowest BCUT2D eigenvalue weighted by Gasteiger charge is -2.26. The third kappa shape index (κ3) is 2.32. The van der Waals surface area contributed by atoms with E-state index in [2.05, 4.69) is 6.92 Å². The monoisotopic (exact) mass is 223 g/mol. The first-order chi connectivity index (χ1) is 7.74. The maximum Gasteiger partial charge on any atom is 0.137 e. The summed E-state index contributed by atoms with van der Waals surface area (Å²) in [6.45, 7) is 2.20. The minimum Gasteiger partial charge on any atom is -0.327 e. The standard InChI is InChI=1S/C14H25NO/c1-2-3-4-5-6-12(16)13-10-7-8-11(9-10)14(13)15/h10-11,13-14H,2-9,15H2,1H3. The van der Waals surface area contributed by atoms with E-state index in [9.17, 15) is 4.79 Å². The van der Waals surface area contributed by atoms with E-state index in [1.807, 2.05) is 0 Å². The maximum absolute atomic E-state index is 12.1. The Hall–Kier alpha value is -0.370. The zero-order valence-electron chi connectivity index (χ0n) is 10.5. The molecule has 2 aliphatic carbocycles. The van der Waals surface area contributed by atoms with Crippen molar-refractivity contribution in [1.82, 2.24) is 0 Å². The molecule has 4 unspecified atom stereocenters. The number of carbonyl (C=O) groups is 1. The number of fused-ring (bicyclic) bond motifs is 2. The summed E-state index contributed by atoms with van der Waals surface area (Å²) in [6.07, 6.45) is 9.31. The SMILES string of the molecule is CCCCCCC(=O)C1C2CCC(C2)C1N. The van der Waals surface area contributed by atoms with Gasteiger partial charge in [-0.25, -0.2) is 0 Å². The van der Waals surface area contributed by atoms with Gasteiger partial charge in [0.1, 0.15) is 5.78 Å². The number of Topliss-reactive ketones (excluding diaryl/α,β-unsaturated/α-hetero) is 1. The Kier molecular flexibility index (Phi) is 4.01. The Morgan fingerprint density at radius 2 is 1.94 bits per heavy atom. The van der Waals surface area contributed by atoms with Gasteiger partial charge in [-0.05, 0) is 37.5 Å². The lowest BCUT2D eigenvalue weighted by Crippen LogP contribution is -2.40. The molecule has 2 saturated carbocycles. The summed E-state index contributed by atoms with van der Waals surface area (Å²) in [5.41, 5.74) is 6.17. The van der Waals surface area contributed by atoms with Crippen molar-refractivity contribution in [2.75, 3.05) is 0 Å². The fraction of sp³-hybridized carbons (Fsp3) is 0.929. The second kappa shape index (κ2) is 5.31. The molecule has 0 heterocycles. The molecular weight excluding hydrogens is 198 g/mol. The van der Waals surface area contributed by atoms with Crippen molar-refractivity contribution in [3.8, 4) is 0 Å². The Morgan fingerprint density at radius 3 is 2.56 bits per heavy atom. The van der Waals surface area contributed by atoms with Crippen molar-refractivity contribution in [1.29, 1.82) is 0 Å². The van der Waals surface area contributed by atoms with Crippen LogP contribution >= 0.6 is 0 Å². The zero-order chi connectivity index (χ0) is 11.5. The van der Waals surface area contributed by atoms with Crippen LogP contribution in [0.15, 0.2) is 0 Å². The number of hydrogen-bond acceptors (Lipinski definition) is 2. The van der Waals surface area contributed by atoms with Crippen LogP contribution in [0.5, 0.6) is 0 Å². The van der Waals surface area contributed by atoms with Crippen molar-refractivity contribution in [2.24, 2.45) is 23.5 Å². The topological polar surface area (TPSA) is 43.1 Å². The Morgan fingerprint density at radius 1 is 1.19 bits per heavy atom. The summed E-state index contributed by atoms with van der Waals surface area (Å²) in [4.78, 5) is 12.1. The molecule has 0 amide bonds. The van der Waals surface area contributed by atoms with Crippen molar-refractivity contribution in [2.45, 2.75) is 64.3 Å². The van der Waals surface area contributed by atoms with Crippen LogP contribution in [0.4, 0.5) is 0 Å². The van der Waals surface area contributed by atoms with Crippen LogP contribution in [0.1, 0.15) is 58.3 Å². The van der Waals surface area contributed by atoms with Gasteiger partial charge in [-0.15, -0.1) is 0 Å². The Balaban J connectivity index is 1.77. The molecule has 2 nitrogen and oxygen atoms in total. The summed E-state index contributed by atoms with van der Waals surface area (Å²) in [5.74, 6) is 1.99. The van der Waals surface area contributed by atoms with Crippen LogP contribution in [0.3, 0.4) is 0 Å². The van der Waals surface area contributed by atoms with E-state index in [1.165, 1.54) is 38.5 Å². The third-order valence-corrected chi connectivity index (χ3v) is 4.63. The molecular formula is C14H25NO. The number of ketones is 1. The van der Waals surface area contributed by atoms with Gasteiger partial charge in [0.05, 0.1) is 0 Å². The zero-order valence-corrected chi connectivity index (χ0v) is 10.5. The quantitative estimate of drug-likeness (QED) is 0.704. The smallest absolute Gasteiger partial charge is 0.137 e. The van der Waals surface area contributed by atoms with Gasteiger partial charge in [0.15, 0.2) is 0 Å². The summed E-state index contributed by atoms with van der Waals surface area (Å²) >= 11 is 0. The minimum absolute atomic E-state index is 0.192. The number of nitrogens with two attached hydrogens (primary N) is 1. The van der Waals surface area contributed by atoms with E-state index >= 15 is 0 Å². The highest BCUT2D eigenvalue weighted by atomic mass is 16.1. The highest BCUT2D eigenvalue weighted by Crippen LogP contribution is 2.48. The molecule has 0 aromatic heterocycles. The number of carbonyl (C=O) groups excluding carboxylic acids is 1. The Labute approximate surface area is 99.0 Å². The number of unbranched alkanes of at least 4 members (excludes halogenated alkanes) is 3. The van der Waals surface area contributed by atoms with E-state index in [4.69, 9.17) is 5.73 Å². The number of hydrogen-bond donors (Lipinski definition) is 1. The average molecular weight is 223 g/mol. The molecule has 0 saturated heterocycles. The van der Waals surface area contributed by atoms with Gasteiger partial charge < -0.3 is 5.73 Å². The van der Waals surface area contributed by atoms with Gasteiger partial charge in [-0.1, -0.05) is 26.2 Å². The van der Waals surface area contributed by atoms with Crippen molar-refractivity contribution in [3.63, 3.8) is 0 Å². The predicted octanol–water partition coefficient (Wildman–Crippen LogP) is 2.90. The van der Waals surface area contributed by atoms with Crippen molar-refractivity contribution < 1.29 is 4.79 Å². The summed E-state index contributed by atoms with van der Waals surface area (Å²) in [7, 11) is 0. The molecule has 0 radical (unpaired) electrons. The summed E-state index contributed by atoms with van der Waals surface area (Å²) in [6, 6.07) is 0.192. The van der Waals surface area contributed by atoms with Crippen LogP contribution < -0.4 is 5.73 Å². The highest BCUT2D eigenvalue weighted by Gasteiger charge is 2.48. The fourth-order valence-electron chi connectivity index (χ4n) is 3.71. The molecule has 92 valence electrons. The van der Waals surface area contributed by atoms with E-state index in [-0.39, 0.29) is 12.0 Å². The molecule has 2 heteroatoms. The Bertz CT molecular complexity index is 249. The molecule has 0 spiro atoms. The minimum atomic E-state index is 0.192. The van der Waals surface area contributed by atoms with Crippen molar-refractivity contribution >= 4 is 5.78 Å². The molecule has 2 fully saturated rings. The average Bonchev–Trinajstić information content (AvgIpc) is 2.84. The molecule has 2 N–H and O–H groups in total. The summed E-state index contributed by atoms with van der Waals surface area (Å²) < 4.78 is 0. The van der Waals surface area contributed by atoms with Gasteiger partial charge in [-0.3, -0.25) is 4.79 Å². The largest absolute Gasteiger partial charge is 0.327 e. The van der Waals surface area contributed by atoms with Crippen LogP contribution in [-0.4, -0.2) is 11.8 Å². The molecule has 2 aliphatic rings. The molecule has 0 aromatic carbocycles. The molecule has 0 aliphatic heterocycles. The molecule has 16 heavy (non-hydrogen) atoms. The predicted molar refractivity (Wildman–Crippen MR) is 66.1 cm³/mol. The van der Waals surface area contributed by atoms with Gasteiger partial charge >= 0.3 is 0 Å². The third-order valence-electron chi connectivity index (χ3n) is 4.63. The summed E-state index contributed by atoms with van der Waals surface area (Å²) in [5, 5.41) is 0. The normalized spacial score (nSPS) is 36.9. The lowest BCUT2D eigenvalue weighted by atomic mass is 9.81. The lowest BCUT2D eigenvalue weighted by molar-refractivity contribution is -0.125. The fourth-order valence-corrected chi connectivity index (χ4v) is 3.71. The van der Waals surface area contributed by atoms with E-state index in [1.54, 1.807) is 0 Å². The van der Waals surface area contributed by atoms with Gasteiger partial charge in [0.25, 0.3) is 0 Å².